The van der Waals surface area contributed by atoms with Gasteiger partial charge in [0.05, 0.1) is 11.1 Å². The molecule has 1 aliphatic heterocycles. The molecule has 0 aliphatic carbocycles. The van der Waals surface area contributed by atoms with Gasteiger partial charge in [0.15, 0.2) is 0 Å². The molecule has 0 saturated carbocycles. The van der Waals surface area contributed by atoms with E-state index in [9.17, 15) is 14.3 Å². The zero-order chi connectivity index (χ0) is 18.1. The molecule has 1 aromatic heterocycles. The third-order valence-electron chi connectivity index (χ3n) is 4.97. The Hall–Kier alpha value is -2.66. The molecule has 0 atom stereocenters. The number of benzene rings is 2. The number of phenols is 1. The standard InChI is InChI=1S/C21H20FNO3/c22-16-7-4-14(5-8-16)17-12-15-6-9-19(24)18(20(15)26-21(17)25)13-23-10-2-1-3-11-23/h4-9,12,24H,1-3,10-11,13H2. The van der Waals surface area contributed by atoms with E-state index < -0.39 is 5.63 Å². The summed E-state index contributed by atoms with van der Waals surface area (Å²) in [6.45, 7) is 2.52. The van der Waals surface area contributed by atoms with E-state index in [1.54, 1.807) is 30.3 Å². The maximum atomic E-state index is 13.1. The van der Waals surface area contributed by atoms with Crippen LogP contribution in [-0.4, -0.2) is 23.1 Å². The SMILES string of the molecule is O=c1oc2c(CN3CCCCC3)c(O)ccc2cc1-c1ccc(F)cc1. The van der Waals surface area contributed by atoms with Crippen molar-refractivity contribution in [3.63, 3.8) is 0 Å². The van der Waals surface area contributed by atoms with E-state index in [-0.39, 0.29) is 11.6 Å². The summed E-state index contributed by atoms with van der Waals surface area (Å²) in [7, 11) is 0. The van der Waals surface area contributed by atoms with Crippen molar-refractivity contribution in [3.05, 3.63) is 64.3 Å². The molecular formula is C21H20FNO3. The number of fused-ring (bicyclic) bond motifs is 1. The van der Waals surface area contributed by atoms with Crippen LogP contribution in [0.4, 0.5) is 4.39 Å². The molecule has 2 heterocycles. The van der Waals surface area contributed by atoms with Crippen LogP contribution in [0.15, 0.2) is 51.7 Å². The summed E-state index contributed by atoms with van der Waals surface area (Å²) in [5, 5.41) is 11.1. The Labute approximate surface area is 150 Å². The van der Waals surface area contributed by atoms with E-state index in [1.165, 1.54) is 18.6 Å². The molecule has 1 saturated heterocycles. The van der Waals surface area contributed by atoms with E-state index in [1.807, 2.05) is 0 Å². The van der Waals surface area contributed by atoms with Crippen LogP contribution >= 0.6 is 0 Å². The van der Waals surface area contributed by atoms with Gasteiger partial charge in [0.1, 0.15) is 17.1 Å². The molecule has 0 amide bonds. The first-order chi connectivity index (χ1) is 12.6. The van der Waals surface area contributed by atoms with Crippen LogP contribution in [0.1, 0.15) is 24.8 Å². The highest BCUT2D eigenvalue weighted by atomic mass is 19.1. The average Bonchev–Trinajstić information content (AvgIpc) is 2.66. The fraction of sp³-hybridized carbons (Fsp3) is 0.286. The maximum Gasteiger partial charge on any atom is 0.344 e. The van der Waals surface area contributed by atoms with Gasteiger partial charge in [-0.15, -0.1) is 0 Å². The smallest absolute Gasteiger partial charge is 0.344 e. The first kappa shape index (κ1) is 16.8. The normalized spacial score (nSPS) is 15.4. The van der Waals surface area contributed by atoms with Gasteiger partial charge < -0.3 is 9.52 Å². The monoisotopic (exact) mass is 353 g/mol. The second-order valence-corrected chi connectivity index (χ2v) is 6.77. The number of aromatic hydroxyl groups is 1. The Kier molecular flexibility index (Phi) is 4.47. The van der Waals surface area contributed by atoms with E-state index in [4.69, 9.17) is 4.42 Å². The van der Waals surface area contributed by atoms with Crippen molar-refractivity contribution in [2.24, 2.45) is 0 Å². The van der Waals surface area contributed by atoms with Gasteiger partial charge in [-0.3, -0.25) is 4.90 Å². The van der Waals surface area contributed by atoms with Gasteiger partial charge in [0, 0.05) is 11.9 Å². The molecule has 3 aromatic rings. The summed E-state index contributed by atoms with van der Waals surface area (Å²) >= 11 is 0. The Balaban J connectivity index is 1.79. The quantitative estimate of drug-likeness (QED) is 0.714. The predicted octanol–water partition coefficient (Wildman–Crippen LogP) is 4.29. The van der Waals surface area contributed by atoms with Gasteiger partial charge in [-0.2, -0.15) is 0 Å². The fourth-order valence-corrected chi connectivity index (χ4v) is 3.56. The topological polar surface area (TPSA) is 53.7 Å². The van der Waals surface area contributed by atoms with Crippen LogP contribution in [0.25, 0.3) is 22.1 Å². The summed E-state index contributed by atoms with van der Waals surface area (Å²) in [6.07, 6.45) is 3.52. The number of hydrogen-bond donors (Lipinski definition) is 1. The van der Waals surface area contributed by atoms with Crippen LogP contribution in [0.5, 0.6) is 5.75 Å². The van der Waals surface area contributed by atoms with Gasteiger partial charge in [-0.25, -0.2) is 9.18 Å². The third-order valence-corrected chi connectivity index (χ3v) is 4.97. The fourth-order valence-electron chi connectivity index (χ4n) is 3.56. The van der Waals surface area contributed by atoms with E-state index >= 15 is 0 Å². The second kappa shape index (κ2) is 6.92. The number of likely N-dealkylation sites (tertiary alicyclic amines) is 1. The molecule has 0 radical (unpaired) electrons. The highest BCUT2D eigenvalue weighted by Crippen LogP contribution is 2.30. The van der Waals surface area contributed by atoms with Crippen molar-refractivity contribution in [2.75, 3.05) is 13.1 Å². The Morgan fingerprint density at radius 3 is 2.50 bits per heavy atom. The number of hydrogen-bond acceptors (Lipinski definition) is 4. The number of phenolic OH excluding ortho intramolecular Hbond substituents is 1. The van der Waals surface area contributed by atoms with Crippen LogP contribution in [0.2, 0.25) is 0 Å². The van der Waals surface area contributed by atoms with Gasteiger partial charge in [0.25, 0.3) is 0 Å². The molecule has 0 bridgehead atoms. The number of rotatable bonds is 3. The van der Waals surface area contributed by atoms with E-state index in [2.05, 4.69) is 4.90 Å². The van der Waals surface area contributed by atoms with Crippen molar-refractivity contribution in [1.29, 1.82) is 0 Å². The summed E-state index contributed by atoms with van der Waals surface area (Å²) in [6, 6.07) is 10.9. The highest BCUT2D eigenvalue weighted by molar-refractivity contribution is 5.85. The Morgan fingerprint density at radius 1 is 1.04 bits per heavy atom. The molecule has 1 aliphatic rings. The highest BCUT2D eigenvalue weighted by Gasteiger charge is 2.18. The molecular weight excluding hydrogens is 333 g/mol. The van der Waals surface area contributed by atoms with Gasteiger partial charge >= 0.3 is 5.63 Å². The zero-order valence-electron chi connectivity index (χ0n) is 14.4. The molecule has 26 heavy (non-hydrogen) atoms. The Bertz CT molecular complexity index is 989. The first-order valence-electron chi connectivity index (χ1n) is 8.89. The van der Waals surface area contributed by atoms with Crippen molar-refractivity contribution in [2.45, 2.75) is 25.8 Å². The van der Waals surface area contributed by atoms with Crippen LogP contribution in [-0.2, 0) is 6.54 Å². The van der Waals surface area contributed by atoms with Gasteiger partial charge in [0.2, 0.25) is 0 Å². The molecule has 0 unspecified atom stereocenters. The molecule has 4 rings (SSSR count). The zero-order valence-corrected chi connectivity index (χ0v) is 14.4. The van der Waals surface area contributed by atoms with Gasteiger partial charge in [-0.05, 0) is 61.8 Å². The molecule has 1 fully saturated rings. The predicted molar refractivity (Wildman–Crippen MR) is 98.7 cm³/mol. The number of piperidine rings is 1. The van der Waals surface area contributed by atoms with Gasteiger partial charge in [-0.1, -0.05) is 18.6 Å². The molecule has 2 aromatic carbocycles. The average molecular weight is 353 g/mol. The van der Waals surface area contributed by atoms with Crippen LogP contribution < -0.4 is 5.63 Å². The van der Waals surface area contributed by atoms with E-state index in [0.717, 1.165) is 31.3 Å². The van der Waals surface area contributed by atoms with Crippen LogP contribution in [0, 0.1) is 5.82 Å². The maximum absolute atomic E-state index is 13.1. The van der Waals surface area contributed by atoms with Crippen molar-refractivity contribution >= 4 is 11.0 Å². The molecule has 0 spiro atoms. The lowest BCUT2D eigenvalue weighted by atomic mass is 10.0. The largest absolute Gasteiger partial charge is 0.507 e. The Morgan fingerprint density at radius 2 is 1.77 bits per heavy atom. The first-order valence-corrected chi connectivity index (χ1v) is 8.89. The molecule has 5 heteroatoms. The van der Waals surface area contributed by atoms with Crippen molar-refractivity contribution in [1.82, 2.24) is 4.90 Å². The molecule has 134 valence electrons. The third kappa shape index (κ3) is 3.22. The minimum atomic E-state index is -0.491. The molecule has 4 nitrogen and oxygen atoms in total. The van der Waals surface area contributed by atoms with Crippen molar-refractivity contribution in [3.8, 4) is 16.9 Å². The lowest BCUT2D eigenvalue weighted by molar-refractivity contribution is 0.218. The summed E-state index contributed by atoms with van der Waals surface area (Å²) in [4.78, 5) is 14.8. The minimum Gasteiger partial charge on any atom is -0.507 e. The number of nitrogens with zero attached hydrogens (tertiary/aromatic N) is 1. The summed E-state index contributed by atoms with van der Waals surface area (Å²) < 4.78 is 18.7. The number of halogens is 1. The van der Waals surface area contributed by atoms with Crippen molar-refractivity contribution < 1.29 is 13.9 Å². The molecule has 1 N–H and O–H groups in total. The lowest BCUT2D eigenvalue weighted by Gasteiger charge is -2.26. The second-order valence-electron chi connectivity index (χ2n) is 6.77. The minimum absolute atomic E-state index is 0.140. The summed E-state index contributed by atoms with van der Waals surface area (Å²) in [5.74, 6) is -0.214. The summed E-state index contributed by atoms with van der Waals surface area (Å²) in [5.41, 5.74) is 1.56. The van der Waals surface area contributed by atoms with Crippen LogP contribution in [0.3, 0.4) is 0 Å². The van der Waals surface area contributed by atoms with E-state index in [0.29, 0.717) is 28.8 Å². The lowest BCUT2D eigenvalue weighted by Crippen LogP contribution is -2.29.